The first-order valence-corrected chi connectivity index (χ1v) is 9.05. The molecule has 1 N–H and O–H groups in total. The normalized spacial score (nSPS) is 20.3. The van der Waals surface area contributed by atoms with Crippen molar-refractivity contribution in [2.75, 3.05) is 19.3 Å². The third-order valence-electron chi connectivity index (χ3n) is 3.60. The highest BCUT2D eigenvalue weighted by Gasteiger charge is 2.34. The van der Waals surface area contributed by atoms with Crippen LogP contribution in [0.15, 0.2) is 18.5 Å². The van der Waals surface area contributed by atoms with Crippen LogP contribution in [0, 0.1) is 0 Å². The molecule has 2 rings (SSSR count). The zero-order chi connectivity index (χ0) is 15.3. The molecule has 7 nitrogen and oxygen atoms in total. The second-order valence-corrected chi connectivity index (χ2v) is 7.23. The van der Waals surface area contributed by atoms with Gasteiger partial charge in [0.1, 0.15) is 6.04 Å². The molecule has 2 heterocycles. The van der Waals surface area contributed by atoms with Gasteiger partial charge in [-0.3, -0.25) is 9.48 Å². The Labute approximate surface area is 125 Å². The number of hydrogen-bond acceptors (Lipinski definition) is 4. The first kappa shape index (κ1) is 16.0. The first-order valence-electron chi connectivity index (χ1n) is 7.20. The van der Waals surface area contributed by atoms with E-state index in [0.717, 1.165) is 32.1 Å². The number of amides is 1. The van der Waals surface area contributed by atoms with Crippen LogP contribution in [-0.2, 0) is 21.4 Å². The van der Waals surface area contributed by atoms with Gasteiger partial charge in [0.2, 0.25) is 15.9 Å². The number of carbonyl (C=O) groups excluding carboxylic acids is 1. The quantitative estimate of drug-likeness (QED) is 0.760. The molecule has 0 saturated carbocycles. The fourth-order valence-corrected chi connectivity index (χ4v) is 3.69. The van der Waals surface area contributed by atoms with Crippen LogP contribution in [0.4, 0.5) is 0 Å². The van der Waals surface area contributed by atoms with E-state index in [-0.39, 0.29) is 5.91 Å². The zero-order valence-corrected chi connectivity index (χ0v) is 13.1. The molecule has 21 heavy (non-hydrogen) atoms. The highest BCUT2D eigenvalue weighted by molar-refractivity contribution is 7.88. The van der Waals surface area contributed by atoms with Crippen molar-refractivity contribution < 1.29 is 13.2 Å². The number of sulfonamides is 1. The van der Waals surface area contributed by atoms with Crippen LogP contribution >= 0.6 is 0 Å². The maximum absolute atomic E-state index is 12.2. The van der Waals surface area contributed by atoms with Gasteiger partial charge in [0.25, 0.3) is 0 Å². The molecular formula is C13H22N4O3S. The van der Waals surface area contributed by atoms with Gasteiger partial charge in [-0.15, -0.1) is 0 Å². The van der Waals surface area contributed by atoms with Crippen LogP contribution in [0.1, 0.15) is 25.7 Å². The van der Waals surface area contributed by atoms with E-state index in [0.29, 0.717) is 19.5 Å². The van der Waals surface area contributed by atoms with Crippen LogP contribution in [0.2, 0.25) is 0 Å². The minimum atomic E-state index is -3.33. The fraction of sp³-hybridized carbons (Fsp3) is 0.692. The fourth-order valence-electron chi connectivity index (χ4n) is 2.57. The van der Waals surface area contributed by atoms with E-state index in [2.05, 4.69) is 10.4 Å². The largest absolute Gasteiger partial charge is 0.355 e. The van der Waals surface area contributed by atoms with Crippen molar-refractivity contribution in [1.82, 2.24) is 19.4 Å². The van der Waals surface area contributed by atoms with Crippen molar-refractivity contribution >= 4 is 15.9 Å². The van der Waals surface area contributed by atoms with Crippen molar-refractivity contribution in [3.8, 4) is 0 Å². The average molecular weight is 314 g/mol. The first-order chi connectivity index (χ1) is 9.98. The van der Waals surface area contributed by atoms with E-state index in [9.17, 15) is 13.2 Å². The molecule has 1 amide bonds. The Morgan fingerprint density at radius 1 is 1.43 bits per heavy atom. The van der Waals surface area contributed by atoms with Crippen molar-refractivity contribution in [2.24, 2.45) is 0 Å². The summed E-state index contributed by atoms with van der Waals surface area (Å²) in [6.45, 7) is 1.69. The Bertz CT molecular complexity index is 556. The number of aromatic nitrogens is 2. The lowest BCUT2D eigenvalue weighted by atomic mass is 10.0. The SMILES string of the molecule is CS(=O)(=O)N1CCCCC1C(=O)NCCCn1cccn1. The summed E-state index contributed by atoms with van der Waals surface area (Å²) in [6, 6.07) is 1.29. The van der Waals surface area contributed by atoms with Gasteiger partial charge in [0.15, 0.2) is 0 Å². The molecule has 0 bridgehead atoms. The van der Waals surface area contributed by atoms with Crippen LogP contribution in [0.5, 0.6) is 0 Å². The average Bonchev–Trinajstić information content (AvgIpc) is 2.95. The Morgan fingerprint density at radius 2 is 2.24 bits per heavy atom. The highest BCUT2D eigenvalue weighted by Crippen LogP contribution is 2.19. The zero-order valence-electron chi connectivity index (χ0n) is 12.2. The van der Waals surface area contributed by atoms with Crippen LogP contribution < -0.4 is 5.32 Å². The van der Waals surface area contributed by atoms with Crippen molar-refractivity contribution in [3.05, 3.63) is 18.5 Å². The van der Waals surface area contributed by atoms with Gasteiger partial charge >= 0.3 is 0 Å². The van der Waals surface area contributed by atoms with E-state index in [1.54, 1.807) is 10.9 Å². The smallest absolute Gasteiger partial charge is 0.238 e. The molecule has 1 unspecified atom stereocenters. The maximum atomic E-state index is 12.2. The van der Waals surface area contributed by atoms with E-state index >= 15 is 0 Å². The standard InChI is InChI=1S/C13H22N4O3S/c1-21(19,20)17-11-3-2-6-12(17)13(18)14-7-4-9-16-10-5-8-15-16/h5,8,10,12H,2-4,6-7,9,11H2,1H3,(H,14,18). The summed E-state index contributed by atoms with van der Waals surface area (Å²) in [5.74, 6) is -0.194. The van der Waals surface area contributed by atoms with E-state index < -0.39 is 16.1 Å². The third-order valence-corrected chi connectivity index (χ3v) is 4.89. The molecule has 8 heteroatoms. The molecule has 118 valence electrons. The maximum Gasteiger partial charge on any atom is 0.238 e. The topological polar surface area (TPSA) is 84.3 Å². The molecule has 0 radical (unpaired) electrons. The number of nitrogens with one attached hydrogen (secondary N) is 1. The number of rotatable bonds is 6. The summed E-state index contributed by atoms with van der Waals surface area (Å²) >= 11 is 0. The van der Waals surface area contributed by atoms with Gasteiger partial charge in [-0.2, -0.15) is 9.40 Å². The van der Waals surface area contributed by atoms with Crippen LogP contribution in [-0.4, -0.2) is 53.8 Å². The number of hydrogen-bond donors (Lipinski definition) is 1. The van der Waals surface area contributed by atoms with Crippen molar-refractivity contribution in [2.45, 2.75) is 38.3 Å². The second-order valence-electron chi connectivity index (χ2n) is 5.30. The van der Waals surface area contributed by atoms with Gasteiger partial charge in [-0.25, -0.2) is 8.42 Å². The summed E-state index contributed by atoms with van der Waals surface area (Å²) in [5.41, 5.74) is 0. The Hall–Kier alpha value is -1.41. The Morgan fingerprint density at radius 3 is 2.90 bits per heavy atom. The van der Waals surface area contributed by atoms with Crippen molar-refractivity contribution in [3.63, 3.8) is 0 Å². The number of piperidine rings is 1. The van der Waals surface area contributed by atoms with Crippen molar-refractivity contribution in [1.29, 1.82) is 0 Å². The van der Waals surface area contributed by atoms with E-state index in [4.69, 9.17) is 0 Å². The minimum Gasteiger partial charge on any atom is -0.355 e. The summed E-state index contributed by atoms with van der Waals surface area (Å²) in [7, 11) is -3.33. The number of aryl methyl sites for hydroxylation is 1. The monoisotopic (exact) mass is 314 g/mol. The molecule has 1 aliphatic rings. The molecule has 0 aromatic carbocycles. The Kier molecular flexibility index (Phi) is 5.35. The molecule has 0 aliphatic carbocycles. The van der Waals surface area contributed by atoms with Crippen LogP contribution in [0.3, 0.4) is 0 Å². The van der Waals surface area contributed by atoms with Gasteiger partial charge in [-0.05, 0) is 25.3 Å². The third kappa shape index (κ3) is 4.53. The molecule has 0 spiro atoms. The molecular weight excluding hydrogens is 292 g/mol. The highest BCUT2D eigenvalue weighted by atomic mass is 32.2. The Balaban J connectivity index is 1.81. The predicted molar refractivity (Wildman–Crippen MR) is 79.0 cm³/mol. The van der Waals surface area contributed by atoms with Crippen LogP contribution in [0.25, 0.3) is 0 Å². The summed E-state index contributed by atoms with van der Waals surface area (Å²) in [6.07, 6.45) is 7.81. The minimum absolute atomic E-state index is 0.194. The van der Waals surface area contributed by atoms with Gasteiger partial charge < -0.3 is 5.32 Å². The summed E-state index contributed by atoms with van der Waals surface area (Å²) < 4.78 is 26.6. The molecule has 1 saturated heterocycles. The summed E-state index contributed by atoms with van der Waals surface area (Å²) in [4.78, 5) is 12.2. The molecule has 1 aromatic rings. The lowest BCUT2D eigenvalue weighted by Gasteiger charge is -2.32. The molecule has 1 fully saturated rings. The number of carbonyl (C=O) groups is 1. The van der Waals surface area contributed by atoms with Gasteiger partial charge in [0.05, 0.1) is 6.26 Å². The second kappa shape index (κ2) is 7.04. The van der Waals surface area contributed by atoms with E-state index in [1.807, 2.05) is 12.3 Å². The molecule has 1 atom stereocenters. The molecule has 1 aromatic heterocycles. The van der Waals surface area contributed by atoms with E-state index in [1.165, 1.54) is 4.31 Å². The molecule has 1 aliphatic heterocycles. The summed E-state index contributed by atoms with van der Waals surface area (Å²) in [5, 5.41) is 6.91. The lowest BCUT2D eigenvalue weighted by Crippen LogP contribution is -2.51. The number of nitrogens with zero attached hydrogens (tertiary/aromatic N) is 3. The van der Waals surface area contributed by atoms with Gasteiger partial charge in [-0.1, -0.05) is 6.42 Å². The van der Waals surface area contributed by atoms with Gasteiger partial charge in [0, 0.05) is 32.0 Å². The lowest BCUT2D eigenvalue weighted by molar-refractivity contribution is -0.125. The predicted octanol–water partition coefficient (Wildman–Crippen LogP) is 0.204.